The molecule has 2 heterocycles. The molecule has 0 aliphatic carbocycles. The summed E-state index contributed by atoms with van der Waals surface area (Å²) in [7, 11) is 2.06. The molecule has 134 valence electrons. The summed E-state index contributed by atoms with van der Waals surface area (Å²) in [6, 6.07) is 12.2. The van der Waals surface area contributed by atoms with Gasteiger partial charge in [0.15, 0.2) is 6.61 Å². The third kappa shape index (κ3) is 4.42. The van der Waals surface area contributed by atoms with Crippen LogP contribution in [0.2, 0.25) is 0 Å². The molecule has 0 radical (unpaired) electrons. The number of hydrogen-bond acceptors (Lipinski definition) is 3. The molecule has 1 aliphatic heterocycles. The van der Waals surface area contributed by atoms with E-state index in [0.29, 0.717) is 6.54 Å². The van der Waals surface area contributed by atoms with Gasteiger partial charge in [0.2, 0.25) is 0 Å². The Labute approximate surface area is 149 Å². The van der Waals surface area contributed by atoms with Crippen molar-refractivity contribution in [3.05, 3.63) is 53.9 Å². The van der Waals surface area contributed by atoms with E-state index in [1.54, 1.807) is 0 Å². The van der Waals surface area contributed by atoms with Gasteiger partial charge in [0.25, 0.3) is 5.91 Å². The maximum atomic E-state index is 12.2. The number of aromatic nitrogens is 1. The standard InChI is InChI=1S/C20H27N3O2/c1-16-8-3-4-10-19(16)25-15-20(24)21-14-18(23-12-5-6-13-23)17-9-7-11-22(17)2/h3-4,7-11,18H,5-6,12-15H2,1-2H3,(H,21,24). The molecule has 5 nitrogen and oxygen atoms in total. The summed E-state index contributed by atoms with van der Waals surface area (Å²) in [6.45, 7) is 4.81. The van der Waals surface area contributed by atoms with Gasteiger partial charge < -0.3 is 14.6 Å². The van der Waals surface area contributed by atoms with Crippen LogP contribution in [0.15, 0.2) is 42.6 Å². The minimum Gasteiger partial charge on any atom is -0.484 e. The second-order valence-electron chi connectivity index (χ2n) is 6.66. The number of likely N-dealkylation sites (tertiary alicyclic amines) is 1. The number of amides is 1. The predicted octanol–water partition coefficient (Wildman–Crippen LogP) is 2.67. The first-order valence-electron chi connectivity index (χ1n) is 8.95. The fourth-order valence-corrected chi connectivity index (χ4v) is 3.42. The Balaban J connectivity index is 1.56. The highest BCUT2D eigenvalue weighted by atomic mass is 16.5. The Morgan fingerprint density at radius 1 is 1.20 bits per heavy atom. The van der Waals surface area contributed by atoms with Crippen molar-refractivity contribution in [1.29, 1.82) is 0 Å². The van der Waals surface area contributed by atoms with Crippen LogP contribution in [0.3, 0.4) is 0 Å². The molecule has 25 heavy (non-hydrogen) atoms. The highest BCUT2D eigenvalue weighted by Crippen LogP contribution is 2.24. The third-order valence-corrected chi connectivity index (χ3v) is 4.85. The summed E-state index contributed by atoms with van der Waals surface area (Å²) in [5, 5.41) is 3.05. The van der Waals surface area contributed by atoms with Gasteiger partial charge in [-0.15, -0.1) is 0 Å². The second kappa shape index (κ2) is 8.21. The smallest absolute Gasteiger partial charge is 0.258 e. The summed E-state index contributed by atoms with van der Waals surface area (Å²) in [6.07, 6.45) is 4.51. The van der Waals surface area contributed by atoms with Gasteiger partial charge in [-0.3, -0.25) is 9.69 Å². The number of para-hydroxylation sites is 1. The van der Waals surface area contributed by atoms with Crippen LogP contribution in [-0.4, -0.2) is 41.6 Å². The van der Waals surface area contributed by atoms with Crippen molar-refractivity contribution < 1.29 is 9.53 Å². The second-order valence-corrected chi connectivity index (χ2v) is 6.66. The minimum absolute atomic E-state index is 0.0463. The molecule has 1 saturated heterocycles. The minimum atomic E-state index is -0.0818. The molecule has 0 saturated carbocycles. The molecule has 1 atom stereocenters. The van der Waals surface area contributed by atoms with Crippen LogP contribution in [0, 0.1) is 6.92 Å². The summed E-state index contributed by atoms with van der Waals surface area (Å²) in [4.78, 5) is 14.7. The average Bonchev–Trinajstić information content (AvgIpc) is 3.27. The molecule has 5 heteroatoms. The summed E-state index contributed by atoms with van der Waals surface area (Å²) in [5.41, 5.74) is 2.27. The molecular formula is C20H27N3O2. The number of aryl methyl sites for hydroxylation is 2. The van der Waals surface area contributed by atoms with Crippen LogP contribution in [-0.2, 0) is 11.8 Å². The van der Waals surface area contributed by atoms with E-state index >= 15 is 0 Å². The van der Waals surface area contributed by atoms with E-state index in [9.17, 15) is 4.79 Å². The molecule has 1 N–H and O–H groups in total. The van der Waals surface area contributed by atoms with Crippen molar-refractivity contribution >= 4 is 5.91 Å². The quantitative estimate of drug-likeness (QED) is 0.842. The Morgan fingerprint density at radius 2 is 1.96 bits per heavy atom. The average molecular weight is 341 g/mol. The number of nitrogens with zero attached hydrogens (tertiary/aromatic N) is 2. The zero-order valence-electron chi connectivity index (χ0n) is 15.1. The SMILES string of the molecule is Cc1ccccc1OCC(=O)NCC(c1cccn1C)N1CCCC1. The van der Waals surface area contributed by atoms with E-state index in [-0.39, 0.29) is 18.6 Å². The van der Waals surface area contributed by atoms with Gasteiger partial charge in [0.05, 0.1) is 6.04 Å². The van der Waals surface area contributed by atoms with E-state index in [1.165, 1.54) is 18.5 Å². The van der Waals surface area contributed by atoms with Gasteiger partial charge in [-0.25, -0.2) is 0 Å². The fourth-order valence-electron chi connectivity index (χ4n) is 3.42. The zero-order valence-corrected chi connectivity index (χ0v) is 15.1. The van der Waals surface area contributed by atoms with E-state index in [2.05, 4.69) is 40.2 Å². The molecule has 2 aromatic rings. The topological polar surface area (TPSA) is 46.5 Å². The van der Waals surface area contributed by atoms with Crippen LogP contribution in [0.25, 0.3) is 0 Å². The van der Waals surface area contributed by atoms with E-state index < -0.39 is 0 Å². The molecule has 1 aromatic heterocycles. The number of carbonyl (C=O) groups excluding carboxylic acids is 1. The Bertz CT molecular complexity index is 704. The lowest BCUT2D eigenvalue weighted by molar-refractivity contribution is -0.123. The maximum Gasteiger partial charge on any atom is 0.258 e. The molecule has 1 aromatic carbocycles. The molecule has 1 fully saturated rings. The van der Waals surface area contributed by atoms with Crippen molar-refractivity contribution in [1.82, 2.24) is 14.8 Å². The van der Waals surface area contributed by atoms with Crippen molar-refractivity contribution in [3.63, 3.8) is 0 Å². The summed E-state index contributed by atoms with van der Waals surface area (Å²) in [5.74, 6) is 0.679. The monoisotopic (exact) mass is 341 g/mol. The van der Waals surface area contributed by atoms with Crippen LogP contribution in [0.5, 0.6) is 5.75 Å². The number of nitrogens with one attached hydrogen (secondary N) is 1. The number of carbonyl (C=O) groups is 1. The van der Waals surface area contributed by atoms with Crippen molar-refractivity contribution in [2.24, 2.45) is 7.05 Å². The van der Waals surface area contributed by atoms with Crippen molar-refractivity contribution in [3.8, 4) is 5.75 Å². The lowest BCUT2D eigenvalue weighted by Crippen LogP contribution is -2.39. The zero-order chi connectivity index (χ0) is 17.6. The number of hydrogen-bond donors (Lipinski definition) is 1. The van der Waals surface area contributed by atoms with Gasteiger partial charge in [0.1, 0.15) is 5.75 Å². The molecule has 1 amide bonds. The molecule has 0 spiro atoms. The predicted molar refractivity (Wildman–Crippen MR) is 98.6 cm³/mol. The van der Waals surface area contributed by atoms with E-state index in [1.807, 2.05) is 31.2 Å². The molecule has 1 aliphatic rings. The van der Waals surface area contributed by atoms with Crippen LogP contribution < -0.4 is 10.1 Å². The van der Waals surface area contributed by atoms with Gasteiger partial charge >= 0.3 is 0 Å². The highest BCUT2D eigenvalue weighted by Gasteiger charge is 2.25. The maximum absolute atomic E-state index is 12.2. The third-order valence-electron chi connectivity index (χ3n) is 4.85. The van der Waals surface area contributed by atoms with Crippen LogP contribution in [0.4, 0.5) is 0 Å². The van der Waals surface area contributed by atoms with Gasteiger partial charge in [-0.05, 0) is 56.6 Å². The Hall–Kier alpha value is -2.27. The van der Waals surface area contributed by atoms with Gasteiger partial charge in [-0.2, -0.15) is 0 Å². The number of ether oxygens (including phenoxy) is 1. The molecular weight excluding hydrogens is 314 g/mol. The van der Waals surface area contributed by atoms with Crippen molar-refractivity contribution in [2.75, 3.05) is 26.2 Å². The first-order valence-corrected chi connectivity index (χ1v) is 8.95. The fraction of sp³-hybridized carbons (Fsp3) is 0.450. The molecule has 0 bridgehead atoms. The van der Waals surface area contributed by atoms with Gasteiger partial charge in [0, 0.05) is 25.5 Å². The molecule has 3 rings (SSSR count). The largest absolute Gasteiger partial charge is 0.484 e. The van der Waals surface area contributed by atoms with E-state index in [0.717, 1.165) is 24.4 Å². The number of benzene rings is 1. The van der Waals surface area contributed by atoms with Crippen molar-refractivity contribution in [2.45, 2.75) is 25.8 Å². The lowest BCUT2D eigenvalue weighted by Gasteiger charge is -2.28. The van der Waals surface area contributed by atoms with Crippen LogP contribution >= 0.6 is 0 Å². The summed E-state index contributed by atoms with van der Waals surface area (Å²) < 4.78 is 7.78. The lowest BCUT2D eigenvalue weighted by atomic mass is 10.1. The van der Waals surface area contributed by atoms with E-state index in [4.69, 9.17) is 4.74 Å². The Kier molecular flexibility index (Phi) is 5.76. The molecule has 1 unspecified atom stereocenters. The normalized spacial score (nSPS) is 15.9. The first-order chi connectivity index (χ1) is 12.1. The first kappa shape index (κ1) is 17.5. The Morgan fingerprint density at radius 3 is 2.64 bits per heavy atom. The summed E-state index contributed by atoms with van der Waals surface area (Å²) >= 11 is 0. The highest BCUT2D eigenvalue weighted by molar-refractivity contribution is 5.77. The van der Waals surface area contributed by atoms with Gasteiger partial charge in [-0.1, -0.05) is 18.2 Å². The number of rotatable bonds is 7. The van der Waals surface area contributed by atoms with Crippen LogP contribution in [0.1, 0.15) is 30.1 Å².